The lowest BCUT2D eigenvalue weighted by atomic mass is 10.2. The second-order valence-corrected chi connectivity index (χ2v) is 7.97. The van der Waals surface area contributed by atoms with Crippen molar-refractivity contribution < 1.29 is 0 Å². The van der Waals surface area contributed by atoms with Gasteiger partial charge in [0.2, 0.25) is 0 Å². The van der Waals surface area contributed by atoms with E-state index in [-0.39, 0.29) is 0 Å². The van der Waals surface area contributed by atoms with Gasteiger partial charge in [0.25, 0.3) is 0 Å². The molecule has 1 aliphatic heterocycles. The van der Waals surface area contributed by atoms with Crippen LogP contribution in [0.25, 0.3) is 0 Å². The summed E-state index contributed by atoms with van der Waals surface area (Å²) in [7, 11) is 2.21. The van der Waals surface area contributed by atoms with Crippen LogP contribution in [-0.2, 0) is 13.1 Å². The first-order valence-corrected chi connectivity index (χ1v) is 9.06. The maximum Gasteiger partial charge on any atom is 0.107 e. The third-order valence-corrected chi connectivity index (χ3v) is 5.42. The summed E-state index contributed by atoms with van der Waals surface area (Å²) in [5.74, 6) is 0.756. The maximum atomic E-state index is 4.99. The van der Waals surface area contributed by atoms with Crippen molar-refractivity contribution in [3.05, 3.63) is 15.6 Å². The fourth-order valence-electron chi connectivity index (χ4n) is 2.78. The van der Waals surface area contributed by atoms with Crippen LogP contribution in [0, 0.1) is 0 Å². The van der Waals surface area contributed by atoms with Gasteiger partial charge >= 0.3 is 0 Å². The summed E-state index contributed by atoms with van der Waals surface area (Å²) < 4.78 is 0. The smallest absolute Gasteiger partial charge is 0.107 e. The van der Waals surface area contributed by atoms with Crippen LogP contribution < -0.4 is 5.32 Å². The van der Waals surface area contributed by atoms with Crippen molar-refractivity contribution in [1.82, 2.24) is 20.1 Å². The molecule has 0 bridgehead atoms. The zero-order chi connectivity index (χ0) is 14.8. The van der Waals surface area contributed by atoms with Gasteiger partial charge in [0.1, 0.15) is 5.01 Å². The first-order valence-electron chi connectivity index (χ1n) is 8.24. The minimum Gasteiger partial charge on any atom is -0.310 e. The Morgan fingerprint density at radius 3 is 2.57 bits per heavy atom. The average Bonchev–Trinajstić information content (AvgIpc) is 3.21. The molecule has 1 aromatic rings. The van der Waals surface area contributed by atoms with E-state index >= 15 is 0 Å². The zero-order valence-corrected chi connectivity index (χ0v) is 14.4. The molecule has 1 saturated carbocycles. The number of rotatable bonds is 6. The normalized spacial score (nSPS) is 21.3. The molecule has 1 saturated heterocycles. The summed E-state index contributed by atoms with van der Waals surface area (Å²) in [5, 5.41) is 4.88. The maximum absolute atomic E-state index is 4.99. The second-order valence-electron chi connectivity index (χ2n) is 6.81. The van der Waals surface area contributed by atoms with Crippen molar-refractivity contribution in [2.24, 2.45) is 0 Å². The SMILES string of the molecule is CC(C)NCc1sc(CN2CCN(C)CC2)nc1C1CC1. The molecule has 0 unspecified atom stereocenters. The first-order chi connectivity index (χ1) is 10.1. The van der Waals surface area contributed by atoms with Gasteiger partial charge in [0, 0.05) is 49.6 Å². The van der Waals surface area contributed by atoms with Crippen LogP contribution in [0.1, 0.15) is 48.2 Å². The molecule has 118 valence electrons. The molecule has 5 heteroatoms. The van der Waals surface area contributed by atoms with Crippen molar-refractivity contribution in [2.45, 2.75) is 51.7 Å². The predicted octanol–water partition coefficient (Wildman–Crippen LogP) is 2.27. The number of aromatic nitrogens is 1. The summed E-state index contributed by atoms with van der Waals surface area (Å²) in [5.41, 5.74) is 1.40. The molecule has 1 aromatic heterocycles. The molecule has 0 atom stereocenters. The van der Waals surface area contributed by atoms with Crippen molar-refractivity contribution in [1.29, 1.82) is 0 Å². The van der Waals surface area contributed by atoms with Gasteiger partial charge in [-0.05, 0) is 19.9 Å². The molecule has 1 aliphatic carbocycles. The summed E-state index contributed by atoms with van der Waals surface area (Å²) in [4.78, 5) is 11.4. The minimum atomic E-state index is 0.542. The lowest BCUT2D eigenvalue weighted by molar-refractivity contribution is 0.148. The van der Waals surface area contributed by atoms with Crippen molar-refractivity contribution in [3.8, 4) is 0 Å². The van der Waals surface area contributed by atoms with Gasteiger partial charge in [0.15, 0.2) is 0 Å². The van der Waals surface area contributed by atoms with E-state index in [2.05, 4.69) is 36.0 Å². The van der Waals surface area contributed by atoms with Crippen molar-refractivity contribution in [3.63, 3.8) is 0 Å². The lowest BCUT2D eigenvalue weighted by Gasteiger charge is -2.31. The summed E-state index contributed by atoms with van der Waals surface area (Å²) in [6.45, 7) is 11.2. The predicted molar refractivity (Wildman–Crippen MR) is 88.8 cm³/mol. The molecule has 0 radical (unpaired) electrons. The first kappa shape index (κ1) is 15.4. The van der Waals surface area contributed by atoms with E-state index in [9.17, 15) is 0 Å². The highest BCUT2D eigenvalue weighted by Gasteiger charge is 2.30. The molecule has 1 N–H and O–H groups in total. The van der Waals surface area contributed by atoms with Gasteiger partial charge in [0.05, 0.1) is 12.2 Å². The molecule has 0 amide bonds. The second kappa shape index (κ2) is 6.73. The molecule has 2 fully saturated rings. The largest absolute Gasteiger partial charge is 0.310 e. The van der Waals surface area contributed by atoms with Crippen LogP contribution in [-0.4, -0.2) is 54.1 Å². The average molecular weight is 308 g/mol. The standard InChI is InChI=1S/C16H28N4S/c1-12(2)17-10-14-16(13-4-5-13)18-15(21-14)11-20-8-6-19(3)7-9-20/h12-13,17H,4-11H2,1-3H3. The van der Waals surface area contributed by atoms with Gasteiger partial charge in [-0.15, -0.1) is 11.3 Å². The summed E-state index contributed by atoms with van der Waals surface area (Å²) in [6, 6.07) is 0.542. The Balaban J connectivity index is 1.63. The number of thiazole rings is 1. The number of nitrogens with one attached hydrogen (secondary N) is 1. The highest BCUT2D eigenvalue weighted by molar-refractivity contribution is 7.11. The summed E-state index contributed by atoms with van der Waals surface area (Å²) >= 11 is 1.94. The van der Waals surface area contributed by atoms with E-state index < -0.39 is 0 Å². The Kier molecular flexibility index (Phi) is 4.94. The van der Waals surface area contributed by atoms with Gasteiger partial charge in [-0.1, -0.05) is 13.8 Å². The van der Waals surface area contributed by atoms with Gasteiger partial charge in [-0.3, -0.25) is 4.90 Å². The Labute approximate surface area is 132 Å². The molecule has 4 nitrogen and oxygen atoms in total. The van der Waals surface area contributed by atoms with E-state index in [1.165, 1.54) is 54.6 Å². The fourth-order valence-corrected chi connectivity index (χ4v) is 3.93. The minimum absolute atomic E-state index is 0.542. The Bertz CT molecular complexity index is 459. The number of nitrogens with zero attached hydrogens (tertiary/aromatic N) is 3. The number of hydrogen-bond acceptors (Lipinski definition) is 5. The highest BCUT2D eigenvalue weighted by Crippen LogP contribution is 2.42. The van der Waals surface area contributed by atoms with Crippen LogP contribution >= 0.6 is 11.3 Å². The Morgan fingerprint density at radius 2 is 1.95 bits per heavy atom. The third-order valence-electron chi connectivity index (χ3n) is 4.36. The van der Waals surface area contributed by atoms with Crippen molar-refractivity contribution >= 4 is 11.3 Å². The van der Waals surface area contributed by atoms with Crippen LogP contribution in [0.3, 0.4) is 0 Å². The number of hydrogen-bond donors (Lipinski definition) is 1. The molecule has 0 spiro atoms. The van der Waals surface area contributed by atoms with E-state index in [1.54, 1.807) is 0 Å². The van der Waals surface area contributed by atoms with Gasteiger partial charge in [-0.2, -0.15) is 0 Å². The van der Waals surface area contributed by atoms with Gasteiger partial charge in [-0.25, -0.2) is 4.98 Å². The van der Waals surface area contributed by atoms with E-state index in [0.717, 1.165) is 19.0 Å². The third kappa shape index (κ3) is 4.25. The lowest BCUT2D eigenvalue weighted by Crippen LogP contribution is -2.43. The van der Waals surface area contributed by atoms with E-state index in [4.69, 9.17) is 4.98 Å². The van der Waals surface area contributed by atoms with Gasteiger partial charge < -0.3 is 10.2 Å². The van der Waals surface area contributed by atoms with Crippen LogP contribution in [0.4, 0.5) is 0 Å². The molecule has 2 heterocycles. The van der Waals surface area contributed by atoms with Crippen LogP contribution in [0.2, 0.25) is 0 Å². The van der Waals surface area contributed by atoms with E-state index in [0.29, 0.717) is 6.04 Å². The fraction of sp³-hybridized carbons (Fsp3) is 0.812. The molecule has 0 aromatic carbocycles. The Hall–Kier alpha value is -0.490. The quantitative estimate of drug-likeness (QED) is 0.873. The summed E-state index contributed by atoms with van der Waals surface area (Å²) in [6.07, 6.45) is 2.68. The molecule has 3 rings (SSSR count). The number of likely N-dealkylation sites (N-methyl/N-ethyl adjacent to an activating group) is 1. The van der Waals surface area contributed by atoms with Crippen molar-refractivity contribution in [2.75, 3.05) is 33.2 Å². The molecule has 2 aliphatic rings. The number of piperazine rings is 1. The molecule has 21 heavy (non-hydrogen) atoms. The highest BCUT2D eigenvalue weighted by atomic mass is 32.1. The van der Waals surface area contributed by atoms with E-state index in [1.807, 2.05) is 11.3 Å². The van der Waals surface area contributed by atoms with Crippen LogP contribution in [0.15, 0.2) is 0 Å². The topological polar surface area (TPSA) is 31.4 Å². The monoisotopic (exact) mass is 308 g/mol. The molecular weight excluding hydrogens is 280 g/mol. The molecular formula is C16H28N4S. The van der Waals surface area contributed by atoms with Crippen LogP contribution in [0.5, 0.6) is 0 Å². The Morgan fingerprint density at radius 1 is 1.24 bits per heavy atom. The zero-order valence-electron chi connectivity index (χ0n) is 13.6.